The maximum atomic E-state index is 12.2. The molecule has 0 radical (unpaired) electrons. The molecule has 0 fully saturated rings. The number of benzene rings is 1. The van der Waals surface area contributed by atoms with E-state index >= 15 is 0 Å². The summed E-state index contributed by atoms with van der Waals surface area (Å²) in [5.74, 6) is 0.250. The van der Waals surface area contributed by atoms with Gasteiger partial charge in [0, 0.05) is 6.07 Å². The van der Waals surface area contributed by atoms with Crippen LogP contribution in [-0.2, 0) is 6.54 Å². The van der Waals surface area contributed by atoms with Gasteiger partial charge in [0.1, 0.15) is 11.5 Å². The molecular formula is C17H14F3N3O3. The normalized spacial score (nSPS) is 11.6. The molecule has 0 spiro atoms. The zero-order valence-electron chi connectivity index (χ0n) is 13.9. The molecule has 2 heterocycles. The molecule has 1 aromatic carbocycles. The van der Waals surface area contributed by atoms with Gasteiger partial charge in [-0.15, -0.1) is 13.2 Å². The van der Waals surface area contributed by atoms with E-state index in [1.54, 1.807) is 19.9 Å². The van der Waals surface area contributed by atoms with Gasteiger partial charge in [0.2, 0.25) is 0 Å². The highest BCUT2D eigenvalue weighted by Crippen LogP contribution is 2.25. The van der Waals surface area contributed by atoms with Crippen LogP contribution in [0.3, 0.4) is 0 Å². The molecule has 0 bridgehead atoms. The van der Waals surface area contributed by atoms with Crippen LogP contribution in [0.1, 0.15) is 17.0 Å². The number of alkyl halides is 3. The van der Waals surface area contributed by atoms with Gasteiger partial charge in [0.25, 0.3) is 5.56 Å². The molecule has 9 heteroatoms. The molecule has 0 N–H and O–H groups in total. The first-order valence-corrected chi connectivity index (χ1v) is 7.59. The lowest BCUT2D eigenvalue weighted by Gasteiger charge is -2.10. The van der Waals surface area contributed by atoms with Gasteiger partial charge in [0.05, 0.1) is 23.5 Å². The predicted octanol–water partition coefficient (Wildman–Crippen LogP) is 3.46. The van der Waals surface area contributed by atoms with Gasteiger partial charge in [-0.1, -0.05) is 17.3 Å². The van der Waals surface area contributed by atoms with Gasteiger partial charge < -0.3 is 9.26 Å². The maximum Gasteiger partial charge on any atom is 0.573 e. The Kier molecular flexibility index (Phi) is 4.54. The summed E-state index contributed by atoms with van der Waals surface area (Å²) >= 11 is 0. The van der Waals surface area contributed by atoms with Gasteiger partial charge >= 0.3 is 6.36 Å². The van der Waals surface area contributed by atoms with Crippen molar-refractivity contribution in [3.63, 3.8) is 0 Å². The highest BCUT2D eigenvalue weighted by atomic mass is 19.4. The van der Waals surface area contributed by atoms with E-state index in [9.17, 15) is 18.0 Å². The Morgan fingerprint density at radius 2 is 1.81 bits per heavy atom. The minimum atomic E-state index is -4.75. The number of hydrogen-bond donors (Lipinski definition) is 0. The first kappa shape index (κ1) is 17.7. The van der Waals surface area contributed by atoms with Crippen molar-refractivity contribution in [2.24, 2.45) is 0 Å². The Morgan fingerprint density at radius 1 is 1.12 bits per heavy atom. The van der Waals surface area contributed by atoms with Crippen LogP contribution in [0.15, 0.2) is 45.7 Å². The SMILES string of the molecule is Cc1noc(C)c1-c1ccc(=O)n(Cc2ccc(OC(F)(F)F)cc2)n1. The molecule has 0 saturated heterocycles. The third-order valence-corrected chi connectivity index (χ3v) is 3.65. The molecule has 3 rings (SSSR count). The number of nitrogens with zero attached hydrogens (tertiary/aromatic N) is 3. The second-order valence-corrected chi connectivity index (χ2v) is 5.61. The molecule has 0 aliphatic rings. The lowest BCUT2D eigenvalue weighted by Crippen LogP contribution is -2.23. The van der Waals surface area contributed by atoms with Crippen molar-refractivity contribution in [1.82, 2.24) is 14.9 Å². The van der Waals surface area contributed by atoms with Gasteiger partial charge in [-0.2, -0.15) is 5.10 Å². The van der Waals surface area contributed by atoms with Crippen LogP contribution in [0.25, 0.3) is 11.3 Å². The molecule has 0 aliphatic carbocycles. The van der Waals surface area contributed by atoms with Crippen molar-refractivity contribution in [2.45, 2.75) is 26.8 Å². The quantitative estimate of drug-likeness (QED) is 0.708. The lowest BCUT2D eigenvalue weighted by molar-refractivity contribution is -0.274. The third kappa shape index (κ3) is 3.93. The van der Waals surface area contributed by atoms with E-state index in [4.69, 9.17) is 4.52 Å². The fraction of sp³-hybridized carbons (Fsp3) is 0.235. The second-order valence-electron chi connectivity index (χ2n) is 5.61. The van der Waals surface area contributed by atoms with Crippen molar-refractivity contribution < 1.29 is 22.4 Å². The van der Waals surface area contributed by atoms with Crippen LogP contribution < -0.4 is 10.3 Å². The minimum absolute atomic E-state index is 0.0996. The average Bonchev–Trinajstić information content (AvgIpc) is 2.89. The van der Waals surface area contributed by atoms with E-state index in [0.29, 0.717) is 28.3 Å². The van der Waals surface area contributed by atoms with Crippen molar-refractivity contribution in [3.05, 3.63) is 63.8 Å². The summed E-state index contributed by atoms with van der Waals surface area (Å²) in [6.45, 7) is 3.61. The van der Waals surface area contributed by atoms with Gasteiger partial charge in [-0.3, -0.25) is 4.79 Å². The number of aryl methyl sites for hydroxylation is 2. The van der Waals surface area contributed by atoms with E-state index in [2.05, 4.69) is 15.0 Å². The number of ether oxygens (including phenoxy) is 1. The van der Waals surface area contributed by atoms with E-state index in [1.165, 1.54) is 35.0 Å². The van der Waals surface area contributed by atoms with Gasteiger partial charge in [0.15, 0.2) is 0 Å². The summed E-state index contributed by atoms with van der Waals surface area (Å²) in [4.78, 5) is 12.1. The summed E-state index contributed by atoms with van der Waals surface area (Å²) in [5.41, 5.74) is 2.14. The van der Waals surface area contributed by atoms with Crippen LogP contribution in [0, 0.1) is 13.8 Å². The third-order valence-electron chi connectivity index (χ3n) is 3.65. The number of halogens is 3. The summed E-state index contributed by atoms with van der Waals surface area (Å²) in [6, 6.07) is 8.20. The molecule has 3 aromatic rings. The minimum Gasteiger partial charge on any atom is -0.406 e. The van der Waals surface area contributed by atoms with Crippen LogP contribution >= 0.6 is 0 Å². The maximum absolute atomic E-state index is 12.2. The monoisotopic (exact) mass is 365 g/mol. The molecule has 0 atom stereocenters. The van der Waals surface area contributed by atoms with Crippen molar-refractivity contribution in [3.8, 4) is 17.0 Å². The van der Waals surface area contributed by atoms with E-state index in [-0.39, 0.29) is 17.9 Å². The van der Waals surface area contributed by atoms with Gasteiger partial charge in [-0.05, 0) is 37.6 Å². The molecule has 0 aliphatic heterocycles. The zero-order chi connectivity index (χ0) is 18.9. The standard InChI is InChI=1S/C17H14F3N3O3/c1-10-16(11(2)26-22-10)14-7-8-15(24)23(21-14)9-12-3-5-13(6-4-12)25-17(18,19)20/h3-8H,9H2,1-2H3. The largest absolute Gasteiger partial charge is 0.573 e. The summed E-state index contributed by atoms with van der Waals surface area (Å²) in [6.07, 6.45) is -4.75. The second kappa shape index (κ2) is 6.66. The fourth-order valence-corrected chi connectivity index (χ4v) is 2.51. The van der Waals surface area contributed by atoms with Crippen LogP contribution in [0.5, 0.6) is 5.75 Å². The van der Waals surface area contributed by atoms with Crippen molar-refractivity contribution in [2.75, 3.05) is 0 Å². The zero-order valence-corrected chi connectivity index (χ0v) is 13.9. The summed E-state index contributed by atoms with van der Waals surface area (Å²) in [7, 11) is 0. The van der Waals surface area contributed by atoms with Crippen LogP contribution in [-0.4, -0.2) is 21.3 Å². The Labute approximate surface area is 145 Å². The Balaban J connectivity index is 1.86. The topological polar surface area (TPSA) is 70.2 Å². The number of rotatable bonds is 4. The van der Waals surface area contributed by atoms with Gasteiger partial charge in [-0.25, -0.2) is 4.68 Å². The Morgan fingerprint density at radius 3 is 2.38 bits per heavy atom. The van der Waals surface area contributed by atoms with E-state index in [0.717, 1.165) is 0 Å². The predicted molar refractivity (Wildman–Crippen MR) is 85.7 cm³/mol. The molecule has 2 aromatic heterocycles. The van der Waals surface area contributed by atoms with Crippen molar-refractivity contribution >= 4 is 0 Å². The fourth-order valence-electron chi connectivity index (χ4n) is 2.51. The lowest BCUT2D eigenvalue weighted by atomic mass is 10.1. The smallest absolute Gasteiger partial charge is 0.406 e. The van der Waals surface area contributed by atoms with E-state index < -0.39 is 6.36 Å². The molecular weight excluding hydrogens is 351 g/mol. The van der Waals surface area contributed by atoms with Crippen molar-refractivity contribution in [1.29, 1.82) is 0 Å². The first-order valence-electron chi connectivity index (χ1n) is 7.59. The number of hydrogen-bond acceptors (Lipinski definition) is 5. The average molecular weight is 365 g/mol. The highest BCUT2D eigenvalue weighted by Gasteiger charge is 2.30. The van der Waals surface area contributed by atoms with Crippen LogP contribution in [0.4, 0.5) is 13.2 Å². The molecule has 0 saturated carbocycles. The Hall–Kier alpha value is -3.10. The highest BCUT2D eigenvalue weighted by molar-refractivity contribution is 5.62. The molecule has 136 valence electrons. The first-order chi connectivity index (χ1) is 12.2. The molecule has 0 unspecified atom stereocenters. The number of aromatic nitrogens is 3. The molecule has 26 heavy (non-hydrogen) atoms. The molecule has 6 nitrogen and oxygen atoms in total. The van der Waals surface area contributed by atoms with Crippen LogP contribution in [0.2, 0.25) is 0 Å². The Bertz CT molecular complexity index is 956. The summed E-state index contributed by atoms with van der Waals surface area (Å²) < 4.78 is 46.7. The van der Waals surface area contributed by atoms with E-state index in [1.807, 2.05) is 0 Å². The summed E-state index contributed by atoms with van der Waals surface area (Å²) in [5, 5.41) is 8.17. The molecule has 0 amide bonds.